The first-order valence-corrected chi connectivity index (χ1v) is 10.2. The number of nitrogens with zero attached hydrogens (tertiary/aromatic N) is 3. The van der Waals surface area contributed by atoms with E-state index < -0.39 is 17.6 Å². The first-order valence-electron chi connectivity index (χ1n) is 9.45. The molecule has 0 saturated carbocycles. The van der Waals surface area contributed by atoms with E-state index in [9.17, 15) is 13.6 Å². The molecule has 0 aliphatic rings. The van der Waals surface area contributed by atoms with Gasteiger partial charge in [0.05, 0.1) is 28.2 Å². The Kier molecular flexibility index (Phi) is 6.39. The van der Waals surface area contributed by atoms with Crippen molar-refractivity contribution in [2.24, 2.45) is 5.10 Å². The molecule has 0 unspecified atom stereocenters. The van der Waals surface area contributed by atoms with Crippen molar-refractivity contribution in [1.82, 2.24) is 9.78 Å². The average molecular weight is 487 g/mol. The fourth-order valence-electron chi connectivity index (χ4n) is 2.99. The molecule has 0 fully saturated rings. The number of aromatic carboxylic acids is 1. The van der Waals surface area contributed by atoms with Crippen molar-refractivity contribution in [3.8, 4) is 16.9 Å². The van der Waals surface area contributed by atoms with Gasteiger partial charge in [-0.2, -0.15) is 10.2 Å². The largest absolute Gasteiger partial charge is 0.478 e. The Balaban J connectivity index is 1.71. The molecular weight excluding hydrogens is 473 g/mol. The molecule has 0 saturated heterocycles. The summed E-state index contributed by atoms with van der Waals surface area (Å²) in [6, 6.07) is 14.4. The van der Waals surface area contributed by atoms with Gasteiger partial charge in [0, 0.05) is 22.3 Å². The van der Waals surface area contributed by atoms with Crippen LogP contribution in [0.25, 0.3) is 16.9 Å². The van der Waals surface area contributed by atoms with Gasteiger partial charge in [0.2, 0.25) is 0 Å². The molecular formula is C23H14Cl2F2N4O2. The molecule has 0 spiro atoms. The molecule has 2 N–H and O–H groups in total. The van der Waals surface area contributed by atoms with Crippen molar-refractivity contribution in [1.29, 1.82) is 0 Å². The summed E-state index contributed by atoms with van der Waals surface area (Å²) >= 11 is 12.0. The van der Waals surface area contributed by atoms with E-state index in [0.717, 1.165) is 12.1 Å². The van der Waals surface area contributed by atoms with E-state index in [2.05, 4.69) is 15.6 Å². The first kappa shape index (κ1) is 22.4. The van der Waals surface area contributed by atoms with Gasteiger partial charge in [-0.1, -0.05) is 23.2 Å². The summed E-state index contributed by atoms with van der Waals surface area (Å²) in [5.74, 6) is -3.04. The Morgan fingerprint density at radius 2 is 1.79 bits per heavy atom. The Morgan fingerprint density at radius 3 is 2.45 bits per heavy atom. The molecule has 166 valence electrons. The molecule has 4 rings (SSSR count). The highest BCUT2D eigenvalue weighted by Gasteiger charge is 2.14. The number of anilines is 1. The van der Waals surface area contributed by atoms with Crippen LogP contribution in [-0.2, 0) is 0 Å². The lowest BCUT2D eigenvalue weighted by atomic mass is 10.1. The van der Waals surface area contributed by atoms with Gasteiger partial charge in [0.15, 0.2) is 11.6 Å². The Labute approximate surface area is 196 Å². The highest BCUT2D eigenvalue weighted by atomic mass is 35.5. The Morgan fingerprint density at radius 1 is 1.03 bits per heavy atom. The average Bonchev–Trinajstić information content (AvgIpc) is 3.21. The topological polar surface area (TPSA) is 79.5 Å². The minimum atomic E-state index is -1.05. The number of nitrogens with one attached hydrogen (secondary N) is 1. The first-order chi connectivity index (χ1) is 15.8. The maximum absolute atomic E-state index is 13.9. The fourth-order valence-corrected chi connectivity index (χ4v) is 3.44. The van der Waals surface area contributed by atoms with Crippen molar-refractivity contribution in [3.63, 3.8) is 0 Å². The number of carboxylic acids is 1. The van der Waals surface area contributed by atoms with Crippen LogP contribution in [0.4, 0.5) is 14.5 Å². The van der Waals surface area contributed by atoms with Gasteiger partial charge < -0.3 is 5.11 Å². The van der Waals surface area contributed by atoms with Crippen LogP contribution in [0.3, 0.4) is 0 Å². The number of halogens is 4. The van der Waals surface area contributed by atoms with E-state index in [1.807, 2.05) is 0 Å². The smallest absolute Gasteiger partial charge is 0.335 e. The molecule has 1 heterocycles. The molecule has 4 aromatic rings. The zero-order valence-corrected chi connectivity index (χ0v) is 18.1. The molecule has 1 aromatic heterocycles. The van der Waals surface area contributed by atoms with Gasteiger partial charge >= 0.3 is 5.97 Å². The van der Waals surface area contributed by atoms with Crippen LogP contribution in [0.1, 0.15) is 15.9 Å². The standard InChI is InChI=1S/C23H14Cl2F2N4O2/c24-16-4-8-21(18(25)10-16)29-28-11-15-12-31(17-5-1-13(2-6-17)23(32)33)30-22(15)14-3-7-19(26)20(27)9-14/h1-12,29H,(H,32,33)/b28-11+. The number of rotatable bonds is 6. The number of aromatic nitrogens is 2. The van der Waals surface area contributed by atoms with Crippen molar-refractivity contribution in [2.75, 3.05) is 5.43 Å². The summed E-state index contributed by atoms with van der Waals surface area (Å²) in [7, 11) is 0. The highest BCUT2D eigenvalue weighted by molar-refractivity contribution is 6.36. The van der Waals surface area contributed by atoms with Gasteiger partial charge in [-0.3, -0.25) is 5.43 Å². The molecule has 6 nitrogen and oxygen atoms in total. The van der Waals surface area contributed by atoms with Crippen LogP contribution < -0.4 is 5.43 Å². The predicted octanol–water partition coefficient (Wildman–Crippen LogP) is 6.27. The lowest BCUT2D eigenvalue weighted by molar-refractivity contribution is 0.0697. The van der Waals surface area contributed by atoms with Crippen LogP contribution in [0.5, 0.6) is 0 Å². The zero-order chi connectivity index (χ0) is 23.5. The fraction of sp³-hybridized carbons (Fsp3) is 0. The number of carboxylic acid groups (broad SMARTS) is 1. The van der Waals surface area contributed by atoms with Gasteiger partial charge in [-0.05, 0) is 60.7 Å². The molecule has 0 radical (unpaired) electrons. The van der Waals surface area contributed by atoms with Crippen LogP contribution >= 0.6 is 23.2 Å². The second-order valence-corrected chi connectivity index (χ2v) is 7.70. The predicted molar refractivity (Wildman–Crippen MR) is 124 cm³/mol. The van der Waals surface area contributed by atoms with E-state index in [1.165, 1.54) is 29.1 Å². The lowest BCUT2D eigenvalue weighted by Gasteiger charge is -2.03. The van der Waals surface area contributed by atoms with Crippen molar-refractivity contribution in [2.45, 2.75) is 0 Å². The van der Waals surface area contributed by atoms with Gasteiger partial charge in [-0.25, -0.2) is 18.3 Å². The van der Waals surface area contributed by atoms with E-state index in [4.69, 9.17) is 28.3 Å². The number of carbonyl (C=O) groups is 1. The Hall–Kier alpha value is -3.75. The van der Waals surface area contributed by atoms with Crippen molar-refractivity contribution < 1.29 is 18.7 Å². The Bertz CT molecular complexity index is 1370. The third-order valence-electron chi connectivity index (χ3n) is 4.63. The monoisotopic (exact) mass is 486 g/mol. The summed E-state index contributed by atoms with van der Waals surface area (Å²) < 4.78 is 28.8. The van der Waals surface area contributed by atoms with Gasteiger partial charge in [0.25, 0.3) is 0 Å². The maximum atomic E-state index is 13.9. The molecule has 0 bridgehead atoms. The highest BCUT2D eigenvalue weighted by Crippen LogP contribution is 2.27. The lowest BCUT2D eigenvalue weighted by Crippen LogP contribution is -1.99. The molecule has 3 aromatic carbocycles. The summed E-state index contributed by atoms with van der Waals surface area (Å²) in [6.07, 6.45) is 3.08. The third-order valence-corrected chi connectivity index (χ3v) is 5.18. The van der Waals surface area contributed by atoms with E-state index in [1.54, 1.807) is 36.5 Å². The van der Waals surface area contributed by atoms with Gasteiger partial charge in [-0.15, -0.1) is 0 Å². The number of hydrogen-bond donors (Lipinski definition) is 2. The second-order valence-electron chi connectivity index (χ2n) is 6.85. The van der Waals surface area contributed by atoms with Crippen LogP contribution in [0.15, 0.2) is 72.0 Å². The SMILES string of the molecule is O=C(O)c1ccc(-n2cc(/C=N/Nc3ccc(Cl)cc3Cl)c(-c3ccc(F)c(F)c3)n2)cc1. The quantitative estimate of drug-likeness (QED) is 0.248. The maximum Gasteiger partial charge on any atom is 0.335 e. The number of hydrogen-bond acceptors (Lipinski definition) is 4. The molecule has 0 amide bonds. The van der Waals surface area contributed by atoms with Crippen LogP contribution in [0, 0.1) is 11.6 Å². The molecule has 0 aliphatic carbocycles. The number of hydrazone groups is 1. The van der Waals surface area contributed by atoms with Crippen LogP contribution in [0.2, 0.25) is 10.0 Å². The minimum absolute atomic E-state index is 0.123. The van der Waals surface area contributed by atoms with E-state index >= 15 is 0 Å². The normalized spacial score (nSPS) is 11.2. The van der Waals surface area contributed by atoms with Crippen molar-refractivity contribution in [3.05, 3.63) is 99.7 Å². The second kappa shape index (κ2) is 9.40. The zero-order valence-electron chi connectivity index (χ0n) is 16.6. The van der Waals surface area contributed by atoms with E-state index in [-0.39, 0.29) is 5.56 Å². The summed E-state index contributed by atoms with van der Waals surface area (Å²) in [5.41, 5.74) is 5.16. The molecule has 0 atom stereocenters. The van der Waals surface area contributed by atoms with E-state index in [0.29, 0.717) is 38.2 Å². The minimum Gasteiger partial charge on any atom is -0.478 e. The summed E-state index contributed by atoms with van der Waals surface area (Å²) in [5, 5.41) is 18.6. The summed E-state index contributed by atoms with van der Waals surface area (Å²) in [4.78, 5) is 11.1. The molecule has 10 heteroatoms. The molecule has 0 aliphatic heterocycles. The van der Waals surface area contributed by atoms with Crippen LogP contribution in [-0.4, -0.2) is 27.1 Å². The van der Waals surface area contributed by atoms with Gasteiger partial charge in [0.1, 0.15) is 5.69 Å². The third kappa shape index (κ3) is 5.02. The van der Waals surface area contributed by atoms with Crippen molar-refractivity contribution >= 4 is 41.1 Å². The molecule has 33 heavy (non-hydrogen) atoms. The summed E-state index contributed by atoms with van der Waals surface area (Å²) in [6.45, 7) is 0. The number of benzene rings is 3.